The SMILES string of the molecule is CC(Br)Oc1ccc(-c2ccccc2)cc1. The topological polar surface area (TPSA) is 9.23 Å². The third kappa shape index (κ3) is 2.86. The van der Waals surface area contributed by atoms with Crippen LogP contribution in [0.15, 0.2) is 54.6 Å². The third-order valence-electron chi connectivity index (χ3n) is 2.26. The summed E-state index contributed by atoms with van der Waals surface area (Å²) in [7, 11) is 0. The van der Waals surface area contributed by atoms with E-state index in [2.05, 4.69) is 40.2 Å². The maximum absolute atomic E-state index is 5.52. The minimum atomic E-state index is 0.0371. The number of benzene rings is 2. The van der Waals surface area contributed by atoms with Gasteiger partial charge >= 0.3 is 0 Å². The van der Waals surface area contributed by atoms with E-state index in [1.54, 1.807) is 0 Å². The third-order valence-corrected chi connectivity index (χ3v) is 2.45. The Kier molecular flexibility index (Phi) is 3.62. The normalized spacial score (nSPS) is 12.1. The van der Waals surface area contributed by atoms with Crippen LogP contribution in [-0.2, 0) is 0 Å². The first-order valence-corrected chi connectivity index (χ1v) is 6.13. The molecule has 0 bridgehead atoms. The molecule has 0 aliphatic rings. The van der Waals surface area contributed by atoms with Crippen LogP contribution >= 0.6 is 15.9 Å². The van der Waals surface area contributed by atoms with Crippen molar-refractivity contribution in [2.75, 3.05) is 0 Å². The van der Waals surface area contributed by atoms with Gasteiger partial charge in [0.1, 0.15) is 5.75 Å². The van der Waals surface area contributed by atoms with Crippen molar-refractivity contribution in [1.29, 1.82) is 0 Å². The van der Waals surface area contributed by atoms with Crippen molar-refractivity contribution in [3.05, 3.63) is 54.6 Å². The Bertz CT molecular complexity index is 434. The molecule has 82 valence electrons. The molecule has 16 heavy (non-hydrogen) atoms. The Morgan fingerprint density at radius 1 is 0.875 bits per heavy atom. The van der Waals surface area contributed by atoms with Crippen molar-refractivity contribution in [3.63, 3.8) is 0 Å². The fourth-order valence-electron chi connectivity index (χ4n) is 1.54. The fraction of sp³-hybridized carbons (Fsp3) is 0.143. The Morgan fingerprint density at radius 3 is 2.00 bits per heavy atom. The first-order valence-electron chi connectivity index (χ1n) is 5.22. The second kappa shape index (κ2) is 5.17. The minimum Gasteiger partial charge on any atom is -0.480 e. The molecule has 2 aromatic carbocycles. The van der Waals surface area contributed by atoms with Gasteiger partial charge in [0.05, 0.1) is 0 Å². The van der Waals surface area contributed by atoms with Crippen LogP contribution in [-0.4, -0.2) is 5.01 Å². The number of alkyl halides is 1. The van der Waals surface area contributed by atoms with Gasteiger partial charge in [-0.05, 0) is 46.1 Å². The van der Waals surface area contributed by atoms with E-state index in [0.29, 0.717) is 0 Å². The van der Waals surface area contributed by atoms with Gasteiger partial charge in [-0.2, -0.15) is 0 Å². The lowest BCUT2D eigenvalue weighted by Crippen LogP contribution is -2.00. The molecule has 0 saturated carbocycles. The van der Waals surface area contributed by atoms with Crippen LogP contribution in [0, 0.1) is 0 Å². The van der Waals surface area contributed by atoms with E-state index in [4.69, 9.17) is 4.74 Å². The molecule has 0 aromatic heterocycles. The van der Waals surface area contributed by atoms with Gasteiger partial charge in [-0.1, -0.05) is 42.5 Å². The number of hydrogen-bond donors (Lipinski definition) is 0. The lowest BCUT2D eigenvalue weighted by Gasteiger charge is -2.08. The second-order valence-electron chi connectivity index (χ2n) is 3.55. The molecule has 0 aliphatic carbocycles. The summed E-state index contributed by atoms with van der Waals surface area (Å²) in [4.78, 5) is 0. The molecule has 0 saturated heterocycles. The summed E-state index contributed by atoms with van der Waals surface area (Å²) in [6, 6.07) is 18.4. The molecule has 1 unspecified atom stereocenters. The van der Waals surface area contributed by atoms with Crippen LogP contribution in [0.3, 0.4) is 0 Å². The van der Waals surface area contributed by atoms with Gasteiger partial charge in [0.25, 0.3) is 0 Å². The van der Waals surface area contributed by atoms with E-state index in [1.165, 1.54) is 11.1 Å². The fourth-order valence-corrected chi connectivity index (χ4v) is 1.76. The van der Waals surface area contributed by atoms with Gasteiger partial charge in [-0.15, -0.1) is 0 Å². The van der Waals surface area contributed by atoms with Gasteiger partial charge in [-0.3, -0.25) is 0 Å². The summed E-state index contributed by atoms with van der Waals surface area (Å²) in [5.74, 6) is 0.879. The zero-order valence-electron chi connectivity index (χ0n) is 9.06. The average molecular weight is 277 g/mol. The summed E-state index contributed by atoms with van der Waals surface area (Å²) in [5, 5.41) is 0.0371. The highest BCUT2D eigenvalue weighted by Crippen LogP contribution is 2.23. The van der Waals surface area contributed by atoms with Gasteiger partial charge in [-0.25, -0.2) is 0 Å². The van der Waals surface area contributed by atoms with Crippen molar-refractivity contribution in [1.82, 2.24) is 0 Å². The van der Waals surface area contributed by atoms with Gasteiger partial charge in [0, 0.05) is 0 Å². The first kappa shape index (κ1) is 11.2. The average Bonchev–Trinajstić information content (AvgIpc) is 2.30. The van der Waals surface area contributed by atoms with Crippen molar-refractivity contribution in [3.8, 4) is 16.9 Å². The van der Waals surface area contributed by atoms with Gasteiger partial charge < -0.3 is 4.74 Å². The molecule has 2 rings (SSSR count). The highest BCUT2D eigenvalue weighted by Gasteiger charge is 2.00. The smallest absolute Gasteiger partial charge is 0.150 e. The molecule has 0 amide bonds. The standard InChI is InChI=1S/C14H13BrO/c1-11(15)16-14-9-7-13(8-10-14)12-5-3-2-4-6-12/h2-11H,1H3. The number of rotatable bonds is 3. The zero-order chi connectivity index (χ0) is 11.4. The quantitative estimate of drug-likeness (QED) is 0.752. The lowest BCUT2D eigenvalue weighted by molar-refractivity contribution is 0.314. The minimum absolute atomic E-state index is 0.0371. The number of ether oxygens (including phenoxy) is 1. The van der Waals surface area contributed by atoms with Crippen LogP contribution in [0.2, 0.25) is 0 Å². The first-order chi connectivity index (χ1) is 7.75. The van der Waals surface area contributed by atoms with E-state index in [1.807, 2.05) is 37.3 Å². The summed E-state index contributed by atoms with van der Waals surface area (Å²) in [6.07, 6.45) is 0. The maximum atomic E-state index is 5.52. The van der Waals surface area contributed by atoms with Crippen LogP contribution < -0.4 is 4.74 Å². The monoisotopic (exact) mass is 276 g/mol. The molecular weight excluding hydrogens is 264 g/mol. The molecule has 0 N–H and O–H groups in total. The highest BCUT2D eigenvalue weighted by atomic mass is 79.9. The summed E-state index contributed by atoms with van der Waals surface area (Å²) in [5.41, 5.74) is 2.43. The Hall–Kier alpha value is -1.28. The molecule has 0 aliphatic heterocycles. The van der Waals surface area contributed by atoms with Crippen molar-refractivity contribution in [2.24, 2.45) is 0 Å². The van der Waals surface area contributed by atoms with Crippen molar-refractivity contribution < 1.29 is 4.74 Å². The molecule has 2 heteroatoms. The molecule has 0 radical (unpaired) electrons. The van der Waals surface area contributed by atoms with Crippen molar-refractivity contribution in [2.45, 2.75) is 11.9 Å². The Labute approximate surface area is 104 Å². The van der Waals surface area contributed by atoms with Crippen molar-refractivity contribution >= 4 is 15.9 Å². The highest BCUT2D eigenvalue weighted by molar-refractivity contribution is 9.09. The molecule has 0 heterocycles. The molecule has 0 fully saturated rings. The van der Waals surface area contributed by atoms with Gasteiger partial charge in [0.2, 0.25) is 0 Å². The zero-order valence-corrected chi connectivity index (χ0v) is 10.6. The summed E-state index contributed by atoms with van der Waals surface area (Å²) < 4.78 is 5.52. The van der Waals surface area contributed by atoms with E-state index < -0.39 is 0 Å². The Morgan fingerprint density at radius 2 is 1.44 bits per heavy atom. The maximum Gasteiger partial charge on any atom is 0.150 e. The van der Waals surface area contributed by atoms with Crippen LogP contribution in [0.1, 0.15) is 6.92 Å². The predicted octanol–water partition coefficient (Wildman–Crippen LogP) is 4.47. The lowest BCUT2D eigenvalue weighted by atomic mass is 10.1. The molecule has 1 atom stereocenters. The number of hydrogen-bond acceptors (Lipinski definition) is 1. The largest absolute Gasteiger partial charge is 0.480 e. The Balaban J connectivity index is 2.20. The molecule has 0 spiro atoms. The summed E-state index contributed by atoms with van der Waals surface area (Å²) in [6.45, 7) is 1.95. The van der Waals surface area contributed by atoms with Crippen LogP contribution in [0.25, 0.3) is 11.1 Å². The predicted molar refractivity (Wildman–Crippen MR) is 70.9 cm³/mol. The van der Waals surface area contributed by atoms with E-state index in [0.717, 1.165) is 5.75 Å². The van der Waals surface area contributed by atoms with Crippen LogP contribution in [0.4, 0.5) is 0 Å². The van der Waals surface area contributed by atoms with E-state index in [9.17, 15) is 0 Å². The second-order valence-corrected chi connectivity index (χ2v) is 4.84. The number of halogens is 1. The molecule has 2 aromatic rings. The van der Waals surface area contributed by atoms with Crippen LogP contribution in [0.5, 0.6) is 5.75 Å². The summed E-state index contributed by atoms with van der Waals surface area (Å²) >= 11 is 3.35. The molecular formula is C14H13BrO. The van der Waals surface area contributed by atoms with E-state index in [-0.39, 0.29) is 5.01 Å². The molecule has 1 nitrogen and oxygen atoms in total. The van der Waals surface area contributed by atoms with E-state index >= 15 is 0 Å². The van der Waals surface area contributed by atoms with Gasteiger partial charge in [0.15, 0.2) is 5.01 Å².